The Balaban J connectivity index is 0.00000208. The number of amides is 1. The number of carbonyl (C=O) groups excluding carboxylic acids is 1. The molecule has 0 aromatic heterocycles. The molecule has 0 radical (unpaired) electrons. The van der Waals surface area contributed by atoms with Crippen molar-refractivity contribution in [3.63, 3.8) is 0 Å². The number of rotatable bonds is 3. The van der Waals surface area contributed by atoms with Gasteiger partial charge in [-0.3, -0.25) is 4.79 Å². The van der Waals surface area contributed by atoms with Crippen LogP contribution in [0.1, 0.15) is 37.3 Å². The Kier molecular flexibility index (Phi) is 6.83. The molecule has 0 bridgehead atoms. The Labute approximate surface area is 147 Å². The molecule has 2 heterocycles. The zero-order valence-corrected chi connectivity index (χ0v) is 14.3. The van der Waals surface area contributed by atoms with E-state index >= 15 is 0 Å². The minimum atomic E-state index is -0.555. The number of nitrogens with two attached hydrogens (primary N) is 1. The first kappa shape index (κ1) is 19.0. The summed E-state index contributed by atoms with van der Waals surface area (Å²) >= 11 is 0. The molecule has 2 aliphatic heterocycles. The Morgan fingerprint density at radius 3 is 2.75 bits per heavy atom. The Hall–Kier alpha value is -1.37. The molecular weight excluding hydrogens is 335 g/mol. The van der Waals surface area contributed by atoms with Gasteiger partial charge in [0.25, 0.3) is 0 Å². The molecular formula is C17H24ClFN2O3. The van der Waals surface area contributed by atoms with Gasteiger partial charge in [0.05, 0.1) is 18.7 Å². The minimum Gasteiger partial charge on any atom is -0.493 e. The molecule has 3 rings (SSSR count). The van der Waals surface area contributed by atoms with E-state index in [1.165, 1.54) is 12.1 Å². The SMILES string of the molecule is Cl.NC(C(=O)NC1CCCOc2ccc(F)cc21)C1CCOCC1. The van der Waals surface area contributed by atoms with Crippen LogP contribution in [-0.2, 0) is 9.53 Å². The molecule has 134 valence electrons. The number of nitrogens with one attached hydrogen (secondary N) is 1. The summed E-state index contributed by atoms with van der Waals surface area (Å²) in [7, 11) is 0. The first-order valence-electron chi connectivity index (χ1n) is 8.21. The average molecular weight is 359 g/mol. The van der Waals surface area contributed by atoms with E-state index in [-0.39, 0.29) is 36.1 Å². The zero-order valence-electron chi connectivity index (χ0n) is 13.5. The van der Waals surface area contributed by atoms with Crippen molar-refractivity contribution in [3.05, 3.63) is 29.6 Å². The number of fused-ring (bicyclic) bond motifs is 1. The first-order valence-corrected chi connectivity index (χ1v) is 8.21. The number of halogens is 2. The summed E-state index contributed by atoms with van der Waals surface area (Å²) in [5.74, 6) is 0.257. The molecule has 2 unspecified atom stereocenters. The first-order chi connectivity index (χ1) is 11.1. The minimum absolute atomic E-state index is 0. The van der Waals surface area contributed by atoms with E-state index in [4.69, 9.17) is 15.2 Å². The molecule has 1 saturated heterocycles. The van der Waals surface area contributed by atoms with Crippen molar-refractivity contribution in [3.8, 4) is 5.75 Å². The van der Waals surface area contributed by atoms with E-state index in [2.05, 4.69) is 5.32 Å². The second kappa shape index (κ2) is 8.65. The van der Waals surface area contributed by atoms with E-state index in [9.17, 15) is 9.18 Å². The lowest BCUT2D eigenvalue weighted by molar-refractivity contribution is -0.125. The number of ether oxygens (including phenoxy) is 2. The highest BCUT2D eigenvalue weighted by Gasteiger charge is 2.29. The molecule has 3 N–H and O–H groups in total. The van der Waals surface area contributed by atoms with Crippen LogP contribution in [0.5, 0.6) is 5.75 Å². The predicted molar refractivity (Wildman–Crippen MR) is 90.8 cm³/mol. The van der Waals surface area contributed by atoms with Gasteiger partial charge in [0.2, 0.25) is 5.91 Å². The molecule has 0 saturated carbocycles. The van der Waals surface area contributed by atoms with Gasteiger partial charge in [0, 0.05) is 18.8 Å². The second-order valence-electron chi connectivity index (χ2n) is 6.21. The topological polar surface area (TPSA) is 73.6 Å². The summed E-state index contributed by atoms with van der Waals surface area (Å²) in [6, 6.07) is 3.61. The molecule has 1 aromatic carbocycles. The molecule has 1 fully saturated rings. The van der Waals surface area contributed by atoms with Crippen LogP contribution in [0.15, 0.2) is 18.2 Å². The van der Waals surface area contributed by atoms with E-state index in [1.54, 1.807) is 6.07 Å². The third-order valence-electron chi connectivity index (χ3n) is 4.64. The van der Waals surface area contributed by atoms with Gasteiger partial charge in [0.1, 0.15) is 11.6 Å². The van der Waals surface area contributed by atoms with Crippen LogP contribution in [0.4, 0.5) is 4.39 Å². The molecule has 2 aliphatic rings. The van der Waals surface area contributed by atoms with Gasteiger partial charge < -0.3 is 20.5 Å². The van der Waals surface area contributed by atoms with Crippen LogP contribution in [0, 0.1) is 11.7 Å². The standard InChI is InChI=1S/C17H23FN2O3.ClH/c18-12-3-4-15-13(10-12)14(2-1-7-23-15)20-17(21)16(19)11-5-8-22-9-6-11;/h3-4,10-11,14,16H,1-2,5-9,19H2,(H,20,21);1H. The van der Waals surface area contributed by atoms with E-state index in [1.807, 2.05) is 0 Å². The largest absolute Gasteiger partial charge is 0.493 e. The van der Waals surface area contributed by atoms with Crippen LogP contribution in [0.3, 0.4) is 0 Å². The molecule has 1 amide bonds. The maximum atomic E-state index is 13.6. The number of carbonyl (C=O) groups is 1. The fourth-order valence-electron chi connectivity index (χ4n) is 3.26. The van der Waals surface area contributed by atoms with Crippen LogP contribution in [-0.4, -0.2) is 31.8 Å². The van der Waals surface area contributed by atoms with Crippen molar-refractivity contribution >= 4 is 18.3 Å². The maximum Gasteiger partial charge on any atom is 0.237 e. The lowest BCUT2D eigenvalue weighted by atomic mass is 9.91. The highest BCUT2D eigenvalue weighted by molar-refractivity contribution is 5.85. The highest BCUT2D eigenvalue weighted by atomic mass is 35.5. The number of hydrogen-bond acceptors (Lipinski definition) is 4. The lowest BCUT2D eigenvalue weighted by Crippen LogP contribution is -2.48. The fourth-order valence-corrected chi connectivity index (χ4v) is 3.26. The second-order valence-corrected chi connectivity index (χ2v) is 6.21. The van der Waals surface area contributed by atoms with E-state index < -0.39 is 6.04 Å². The van der Waals surface area contributed by atoms with Gasteiger partial charge in [0.15, 0.2) is 0 Å². The fraction of sp³-hybridized carbons (Fsp3) is 0.588. The van der Waals surface area contributed by atoms with Crippen molar-refractivity contribution in [2.75, 3.05) is 19.8 Å². The predicted octanol–water partition coefficient (Wildman–Crippen LogP) is 2.33. The normalized spacial score (nSPS) is 22.3. The maximum absolute atomic E-state index is 13.6. The molecule has 24 heavy (non-hydrogen) atoms. The summed E-state index contributed by atoms with van der Waals surface area (Å²) in [6.45, 7) is 1.87. The Bertz CT molecular complexity index is 567. The van der Waals surface area contributed by atoms with Crippen LogP contribution >= 0.6 is 12.4 Å². The third kappa shape index (κ3) is 4.37. The number of benzene rings is 1. The Morgan fingerprint density at radius 2 is 2.00 bits per heavy atom. The highest BCUT2D eigenvalue weighted by Crippen LogP contribution is 2.32. The quantitative estimate of drug-likeness (QED) is 0.869. The third-order valence-corrected chi connectivity index (χ3v) is 4.64. The van der Waals surface area contributed by atoms with E-state index in [0.717, 1.165) is 19.3 Å². The van der Waals surface area contributed by atoms with Gasteiger partial charge in [-0.2, -0.15) is 0 Å². The molecule has 5 nitrogen and oxygen atoms in total. The van der Waals surface area contributed by atoms with Gasteiger partial charge in [-0.05, 0) is 49.8 Å². The number of hydrogen-bond donors (Lipinski definition) is 2. The van der Waals surface area contributed by atoms with Gasteiger partial charge in [-0.15, -0.1) is 12.4 Å². The molecule has 7 heteroatoms. The van der Waals surface area contributed by atoms with Crippen molar-refractivity contribution in [1.82, 2.24) is 5.32 Å². The van der Waals surface area contributed by atoms with Crippen molar-refractivity contribution in [1.29, 1.82) is 0 Å². The lowest BCUT2D eigenvalue weighted by Gasteiger charge is -2.28. The molecule has 1 aromatic rings. The smallest absolute Gasteiger partial charge is 0.237 e. The molecule has 0 aliphatic carbocycles. The average Bonchev–Trinajstić information content (AvgIpc) is 2.77. The zero-order chi connectivity index (χ0) is 16.2. The van der Waals surface area contributed by atoms with Crippen molar-refractivity contribution in [2.45, 2.75) is 37.8 Å². The van der Waals surface area contributed by atoms with Crippen LogP contribution in [0.25, 0.3) is 0 Å². The van der Waals surface area contributed by atoms with Crippen LogP contribution in [0.2, 0.25) is 0 Å². The van der Waals surface area contributed by atoms with Crippen molar-refractivity contribution < 1.29 is 18.7 Å². The molecule has 0 spiro atoms. The van der Waals surface area contributed by atoms with Gasteiger partial charge in [-0.25, -0.2) is 4.39 Å². The summed E-state index contributed by atoms with van der Waals surface area (Å²) in [5, 5.41) is 2.99. The summed E-state index contributed by atoms with van der Waals surface area (Å²) in [4.78, 5) is 12.5. The van der Waals surface area contributed by atoms with E-state index in [0.29, 0.717) is 37.6 Å². The van der Waals surface area contributed by atoms with Gasteiger partial charge >= 0.3 is 0 Å². The summed E-state index contributed by atoms with van der Waals surface area (Å²) in [6.07, 6.45) is 3.11. The monoisotopic (exact) mass is 358 g/mol. The summed E-state index contributed by atoms with van der Waals surface area (Å²) < 4.78 is 24.5. The van der Waals surface area contributed by atoms with Crippen molar-refractivity contribution in [2.24, 2.45) is 11.7 Å². The summed E-state index contributed by atoms with van der Waals surface area (Å²) in [5.41, 5.74) is 6.81. The van der Waals surface area contributed by atoms with Gasteiger partial charge in [-0.1, -0.05) is 0 Å². The van der Waals surface area contributed by atoms with Crippen LogP contribution < -0.4 is 15.8 Å². The Morgan fingerprint density at radius 1 is 1.25 bits per heavy atom. The molecule has 2 atom stereocenters.